The highest BCUT2D eigenvalue weighted by Gasteiger charge is 2.31. The number of nitrogens with one attached hydrogen (secondary N) is 1. The number of nitrogens with zero attached hydrogens (tertiary/aromatic N) is 1. The summed E-state index contributed by atoms with van der Waals surface area (Å²) < 4.78 is 1.83. The minimum absolute atomic E-state index is 0.0231. The van der Waals surface area contributed by atoms with Crippen LogP contribution in [0.25, 0.3) is 0 Å². The van der Waals surface area contributed by atoms with Crippen molar-refractivity contribution >= 4 is 5.91 Å². The smallest absolute Gasteiger partial charge is 0.239 e. The van der Waals surface area contributed by atoms with Gasteiger partial charge in [0, 0.05) is 18.9 Å². The quantitative estimate of drug-likeness (QED) is 0.785. The van der Waals surface area contributed by atoms with E-state index in [9.17, 15) is 9.90 Å². The van der Waals surface area contributed by atoms with Crippen LogP contribution in [0, 0.1) is 5.92 Å². The lowest BCUT2D eigenvalue weighted by atomic mass is 10.1. The van der Waals surface area contributed by atoms with Gasteiger partial charge < -0.3 is 15.0 Å². The first-order chi connectivity index (χ1) is 8.20. The summed E-state index contributed by atoms with van der Waals surface area (Å²) in [6, 6.07) is 1.90. The van der Waals surface area contributed by atoms with E-state index < -0.39 is 0 Å². The van der Waals surface area contributed by atoms with Gasteiger partial charge in [-0.05, 0) is 36.8 Å². The summed E-state index contributed by atoms with van der Waals surface area (Å²) in [7, 11) is 0. The van der Waals surface area contributed by atoms with Gasteiger partial charge in [0.2, 0.25) is 5.91 Å². The zero-order valence-electron chi connectivity index (χ0n) is 10.2. The molecule has 1 fully saturated rings. The van der Waals surface area contributed by atoms with Gasteiger partial charge in [0.15, 0.2) is 0 Å². The standard InChI is InChI=1S/C13H20N2O2/c1-2-6-14-12(16)9-15-7-5-11(8-15)13(17)10-3-4-10/h5,7-8,10,13,17H,2-4,6,9H2,1H3,(H,14,16). The highest BCUT2D eigenvalue weighted by atomic mass is 16.3. The molecular formula is C13H20N2O2. The monoisotopic (exact) mass is 236 g/mol. The van der Waals surface area contributed by atoms with Crippen molar-refractivity contribution in [3.63, 3.8) is 0 Å². The molecule has 2 N–H and O–H groups in total. The van der Waals surface area contributed by atoms with E-state index in [2.05, 4.69) is 5.32 Å². The van der Waals surface area contributed by atoms with Crippen molar-refractivity contribution in [3.05, 3.63) is 24.0 Å². The van der Waals surface area contributed by atoms with Crippen LogP contribution >= 0.6 is 0 Å². The number of carbonyl (C=O) groups is 1. The molecule has 1 aromatic heterocycles. The number of aromatic nitrogens is 1. The second-order valence-corrected chi connectivity index (χ2v) is 4.75. The molecule has 1 unspecified atom stereocenters. The number of amides is 1. The molecule has 94 valence electrons. The van der Waals surface area contributed by atoms with Crippen LogP contribution in [0.15, 0.2) is 18.5 Å². The van der Waals surface area contributed by atoms with E-state index >= 15 is 0 Å². The van der Waals surface area contributed by atoms with Gasteiger partial charge in [-0.25, -0.2) is 0 Å². The zero-order chi connectivity index (χ0) is 12.3. The molecule has 2 rings (SSSR count). The lowest BCUT2D eigenvalue weighted by Crippen LogP contribution is -2.27. The first-order valence-electron chi connectivity index (χ1n) is 6.31. The maximum atomic E-state index is 11.5. The van der Waals surface area contributed by atoms with Gasteiger partial charge in [-0.2, -0.15) is 0 Å². The molecule has 1 aliphatic carbocycles. The molecule has 0 saturated heterocycles. The second-order valence-electron chi connectivity index (χ2n) is 4.75. The predicted octanol–water partition coefficient (Wildman–Crippen LogP) is 1.46. The molecule has 1 heterocycles. The van der Waals surface area contributed by atoms with Crippen molar-refractivity contribution in [2.75, 3.05) is 6.54 Å². The molecule has 1 aliphatic rings. The summed E-state index contributed by atoms with van der Waals surface area (Å²) in [5.41, 5.74) is 0.927. The molecule has 1 aromatic rings. The molecule has 1 atom stereocenters. The van der Waals surface area contributed by atoms with Crippen LogP contribution in [0.3, 0.4) is 0 Å². The van der Waals surface area contributed by atoms with Crippen LogP contribution in [0.1, 0.15) is 37.9 Å². The number of hydrogen-bond acceptors (Lipinski definition) is 2. The Bertz CT molecular complexity index is 383. The molecule has 0 aromatic carbocycles. The van der Waals surface area contributed by atoms with Crippen LogP contribution in [-0.4, -0.2) is 22.1 Å². The third kappa shape index (κ3) is 3.33. The highest BCUT2D eigenvalue weighted by Crippen LogP contribution is 2.40. The third-order valence-corrected chi connectivity index (χ3v) is 3.08. The Morgan fingerprint density at radius 1 is 1.65 bits per heavy atom. The fourth-order valence-electron chi connectivity index (χ4n) is 1.90. The van der Waals surface area contributed by atoms with Crippen LogP contribution in [0.2, 0.25) is 0 Å². The number of carbonyl (C=O) groups excluding carboxylic acids is 1. The first kappa shape index (κ1) is 12.2. The van der Waals surface area contributed by atoms with E-state index in [1.165, 1.54) is 0 Å². The lowest BCUT2D eigenvalue weighted by Gasteiger charge is -2.06. The summed E-state index contributed by atoms with van der Waals surface area (Å²) in [5.74, 6) is 0.453. The summed E-state index contributed by atoms with van der Waals surface area (Å²) in [6.45, 7) is 3.08. The number of rotatable bonds is 6. The van der Waals surface area contributed by atoms with Crippen molar-refractivity contribution in [1.82, 2.24) is 9.88 Å². The summed E-state index contributed by atoms with van der Waals surface area (Å²) in [4.78, 5) is 11.5. The zero-order valence-corrected chi connectivity index (χ0v) is 10.2. The van der Waals surface area contributed by atoms with Gasteiger partial charge in [0.1, 0.15) is 6.54 Å². The lowest BCUT2D eigenvalue weighted by molar-refractivity contribution is -0.121. The minimum atomic E-state index is -0.352. The fourth-order valence-corrected chi connectivity index (χ4v) is 1.90. The molecule has 17 heavy (non-hydrogen) atoms. The molecule has 4 nitrogen and oxygen atoms in total. The minimum Gasteiger partial charge on any atom is -0.388 e. The summed E-state index contributed by atoms with van der Waals surface area (Å²) in [6.07, 6.45) is 6.55. The Hall–Kier alpha value is -1.29. The Kier molecular flexibility index (Phi) is 3.84. The van der Waals surface area contributed by atoms with Gasteiger partial charge in [-0.3, -0.25) is 4.79 Å². The van der Waals surface area contributed by atoms with Crippen molar-refractivity contribution in [2.45, 2.75) is 38.8 Å². The fraction of sp³-hybridized carbons (Fsp3) is 0.615. The van der Waals surface area contributed by atoms with Crippen molar-refractivity contribution in [2.24, 2.45) is 5.92 Å². The Morgan fingerprint density at radius 2 is 2.41 bits per heavy atom. The Morgan fingerprint density at radius 3 is 3.06 bits per heavy atom. The van der Waals surface area contributed by atoms with E-state index in [0.29, 0.717) is 12.5 Å². The van der Waals surface area contributed by atoms with E-state index in [-0.39, 0.29) is 12.0 Å². The topological polar surface area (TPSA) is 54.3 Å². The summed E-state index contributed by atoms with van der Waals surface area (Å²) >= 11 is 0. The van der Waals surface area contributed by atoms with Crippen LogP contribution in [0.5, 0.6) is 0 Å². The first-order valence-corrected chi connectivity index (χ1v) is 6.31. The molecule has 0 radical (unpaired) electrons. The number of hydrogen-bond donors (Lipinski definition) is 2. The predicted molar refractivity (Wildman–Crippen MR) is 65.4 cm³/mol. The Balaban J connectivity index is 1.87. The third-order valence-electron chi connectivity index (χ3n) is 3.08. The van der Waals surface area contributed by atoms with E-state index in [0.717, 1.165) is 31.4 Å². The van der Waals surface area contributed by atoms with Gasteiger partial charge in [0.25, 0.3) is 0 Å². The van der Waals surface area contributed by atoms with Gasteiger partial charge in [0.05, 0.1) is 6.10 Å². The molecular weight excluding hydrogens is 216 g/mol. The highest BCUT2D eigenvalue weighted by molar-refractivity contribution is 5.75. The van der Waals surface area contributed by atoms with Crippen molar-refractivity contribution in [1.29, 1.82) is 0 Å². The van der Waals surface area contributed by atoms with E-state index in [4.69, 9.17) is 0 Å². The van der Waals surface area contributed by atoms with E-state index in [1.807, 2.05) is 30.0 Å². The van der Waals surface area contributed by atoms with E-state index in [1.54, 1.807) is 0 Å². The largest absolute Gasteiger partial charge is 0.388 e. The SMILES string of the molecule is CCCNC(=O)Cn1ccc(C(O)C2CC2)c1. The van der Waals surface area contributed by atoms with Gasteiger partial charge in [-0.1, -0.05) is 6.92 Å². The number of aliphatic hydroxyl groups is 1. The summed E-state index contributed by atoms with van der Waals surface area (Å²) in [5, 5.41) is 12.8. The van der Waals surface area contributed by atoms with Gasteiger partial charge >= 0.3 is 0 Å². The van der Waals surface area contributed by atoms with Crippen molar-refractivity contribution < 1.29 is 9.90 Å². The normalized spacial score (nSPS) is 16.8. The molecule has 1 amide bonds. The maximum Gasteiger partial charge on any atom is 0.239 e. The molecule has 4 heteroatoms. The molecule has 0 spiro atoms. The van der Waals surface area contributed by atoms with Crippen LogP contribution in [0.4, 0.5) is 0 Å². The molecule has 1 saturated carbocycles. The van der Waals surface area contributed by atoms with Gasteiger partial charge in [-0.15, -0.1) is 0 Å². The van der Waals surface area contributed by atoms with Crippen LogP contribution in [-0.2, 0) is 11.3 Å². The average molecular weight is 236 g/mol. The average Bonchev–Trinajstić information content (AvgIpc) is 3.06. The molecule has 0 aliphatic heterocycles. The van der Waals surface area contributed by atoms with Crippen LogP contribution < -0.4 is 5.32 Å². The Labute approximate surface area is 102 Å². The molecule has 0 bridgehead atoms. The number of aliphatic hydroxyl groups excluding tert-OH is 1. The maximum absolute atomic E-state index is 11.5. The second kappa shape index (κ2) is 5.36. The van der Waals surface area contributed by atoms with Crippen molar-refractivity contribution in [3.8, 4) is 0 Å².